The molecule has 9 nitrogen and oxygen atoms in total. The SMILES string of the molecule is C[C@@H](NC(=O)c1nc(-c2ccc3ncccc3c2)c(-c2ccn(C)n2)nc1N)c1ncccc1Cl. The highest BCUT2D eigenvalue weighted by Crippen LogP contribution is 2.31. The van der Waals surface area contributed by atoms with E-state index in [0.717, 1.165) is 16.5 Å². The number of aryl methyl sites for hydroxylation is 1. The predicted octanol–water partition coefficient (Wildman–Crippen LogP) is 4.21. The molecular weight excluding hydrogens is 464 g/mol. The molecule has 35 heavy (non-hydrogen) atoms. The maximum atomic E-state index is 13.2. The molecule has 4 heterocycles. The van der Waals surface area contributed by atoms with Crippen molar-refractivity contribution in [1.29, 1.82) is 0 Å². The third-order valence-corrected chi connectivity index (χ3v) is 5.83. The number of halogens is 1. The van der Waals surface area contributed by atoms with Crippen LogP contribution in [0.5, 0.6) is 0 Å². The Labute approximate surface area is 206 Å². The Bertz CT molecular complexity index is 1560. The van der Waals surface area contributed by atoms with Crippen molar-refractivity contribution in [2.24, 2.45) is 7.05 Å². The number of pyridine rings is 2. The van der Waals surface area contributed by atoms with Gasteiger partial charge in [0.15, 0.2) is 11.5 Å². The van der Waals surface area contributed by atoms with E-state index < -0.39 is 11.9 Å². The maximum Gasteiger partial charge on any atom is 0.274 e. The van der Waals surface area contributed by atoms with Crippen LogP contribution in [0.1, 0.15) is 29.1 Å². The van der Waals surface area contributed by atoms with E-state index in [1.807, 2.05) is 43.4 Å². The fraction of sp³-hybridized carbons (Fsp3) is 0.120. The van der Waals surface area contributed by atoms with Gasteiger partial charge in [0.1, 0.15) is 11.4 Å². The van der Waals surface area contributed by atoms with Crippen LogP contribution in [-0.4, -0.2) is 35.6 Å². The van der Waals surface area contributed by atoms with Crippen LogP contribution >= 0.6 is 11.6 Å². The van der Waals surface area contributed by atoms with Crippen molar-refractivity contribution in [3.8, 4) is 22.6 Å². The maximum absolute atomic E-state index is 13.2. The molecule has 10 heteroatoms. The first-order chi connectivity index (χ1) is 16.9. The Morgan fingerprint density at radius 1 is 1.06 bits per heavy atom. The molecule has 0 aliphatic rings. The molecule has 0 aliphatic carbocycles. The smallest absolute Gasteiger partial charge is 0.274 e. The van der Waals surface area contributed by atoms with Crippen molar-refractivity contribution in [1.82, 2.24) is 35.0 Å². The highest BCUT2D eigenvalue weighted by Gasteiger charge is 2.23. The molecule has 4 aromatic heterocycles. The lowest BCUT2D eigenvalue weighted by molar-refractivity contribution is 0.0935. The number of hydrogen-bond donors (Lipinski definition) is 2. The number of anilines is 1. The van der Waals surface area contributed by atoms with E-state index in [-0.39, 0.29) is 11.5 Å². The van der Waals surface area contributed by atoms with Crippen molar-refractivity contribution in [2.75, 3.05) is 5.73 Å². The summed E-state index contributed by atoms with van der Waals surface area (Å²) in [6, 6.07) is 14.4. The van der Waals surface area contributed by atoms with Crippen molar-refractivity contribution in [3.05, 3.63) is 83.5 Å². The average Bonchev–Trinajstić information content (AvgIpc) is 3.29. The molecule has 174 valence electrons. The molecule has 0 bridgehead atoms. The average molecular weight is 485 g/mol. The summed E-state index contributed by atoms with van der Waals surface area (Å²) in [5.41, 5.74) is 9.93. The number of carbonyl (C=O) groups excluding carboxylic acids is 1. The Morgan fingerprint density at radius 3 is 2.63 bits per heavy atom. The van der Waals surface area contributed by atoms with Crippen LogP contribution in [0.2, 0.25) is 5.02 Å². The second kappa shape index (κ2) is 9.11. The van der Waals surface area contributed by atoms with Crippen LogP contribution in [0, 0.1) is 0 Å². The lowest BCUT2D eigenvalue weighted by atomic mass is 10.0. The van der Waals surface area contributed by atoms with Gasteiger partial charge in [-0.3, -0.25) is 19.4 Å². The summed E-state index contributed by atoms with van der Waals surface area (Å²) in [5, 5.41) is 8.72. The van der Waals surface area contributed by atoms with E-state index in [1.54, 1.807) is 42.3 Å². The molecule has 0 aliphatic heterocycles. The number of nitrogen functional groups attached to an aromatic ring is 1. The number of nitrogens with two attached hydrogens (primary N) is 1. The van der Waals surface area contributed by atoms with E-state index in [0.29, 0.717) is 27.8 Å². The lowest BCUT2D eigenvalue weighted by Crippen LogP contribution is -2.29. The van der Waals surface area contributed by atoms with Crippen LogP contribution in [-0.2, 0) is 7.05 Å². The Morgan fingerprint density at radius 2 is 1.86 bits per heavy atom. The van der Waals surface area contributed by atoms with Gasteiger partial charge in [0.25, 0.3) is 5.91 Å². The van der Waals surface area contributed by atoms with Crippen molar-refractivity contribution in [2.45, 2.75) is 13.0 Å². The zero-order valence-corrected chi connectivity index (χ0v) is 19.7. The van der Waals surface area contributed by atoms with Crippen LogP contribution in [0.3, 0.4) is 0 Å². The van der Waals surface area contributed by atoms with Gasteiger partial charge >= 0.3 is 0 Å². The number of benzene rings is 1. The van der Waals surface area contributed by atoms with Gasteiger partial charge in [0.2, 0.25) is 0 Å². The molecule has 0 spiro atoms. The fourth-order valence-electron chi connectivity index (χ4n) is 3.81. The number of amides is 1. The molecule has 5 rings (SSSR count). The summed E-state index contributed by atoms with van der Waals surface area (Å²) in [6.07, 6.45) is 5.16. The molecule has 0 saturated heterocycles. The van der Waals surface area contributed by atoms with E-state index in [4.69, 9.17) is 17.3 Å². The molecule has 3 N–H and O–H groups in total. The molecule has 1 aromatic carbocycles. The molecule has 0 radical (unpaired) electrons. The first kappa shape index (κ1) is 22.4. The topological polar surface area (TPSA) is 124 Å². The quantitative estimate of drug-likeness (QED) is 0.382. The summed E-state index contributed by atoms with van der Waals surface area (Å²) in [5.74, 6) is -0.492. The van der Waals surface area contributed by atoms with Crippen molar-refractivity contribution in [3.63, 3.8) is 0 Å². The lowest BCUT2D eigenvalue weighted by Gasteiger charge is -2.16. The molecule has 5 aromatic rings. The zero-order chi connectivity index (χ0) is 24.5. The Kier molecular flexibility index (Phi) is 5.84. The van der Waals surface area contributed by atoms with E-state index in [9.17, 15) is 4.79 Å². The van der Waals surface area contributed by atoms with Gasteiger partial charge in [-0.1, -0.05) is 23.7 Å². The zero-order valence-electron chi connectivity index (χ0n) is 19.0. The van der Waals surface area contributed by atoms with Crippen LogP contribution < -0.4 is 11.1 Å². The van der Waals surface area contributed by atoms with E-state index in [2.05, 4.69) is 30.4 Å². The first-order valence-corrected chi connectivity index (χ1v) is 11.2. The minimum absolute atomic E-state index is 0.00451. The van der Waals surface area contributed by atoms with Crippen LogP contribution in [0.25, 0.3) is 33.5 Å². The Hall–Kier alpha value is -4.37. The number of nitrogens with zero attached hydrogens (tertiary/aromatic N) is 6. The normalized spacial score (nSPS) is 12.0. The van der Waals surface area contributed by atoms with Gasteiger partial charge < -0.3 is 11.1 Å². The third-order valence-electron chi connectivity index (χ3n) is 5.52. The van der Waals surface area contributed by atoms with Gasteiger partial charge in [-0.25, -0.2) is 9.97 Å². The Balaban J connectivity index is 1.60. The first-order valence-electron chi connectivity index (χ1n) is 10.8. The molecular formula is C25H21ClN8O. The largest absolute Gasteiger partial charge is 0.382 e. The van der Waals surface area contributed by atoms with Gasteiger partial charge in [-0.05, 0) is 43.3 Å². The van der Waals surface area contributed by atoms with Gasteiger partial charge in [0, 0.05) is 36.6 Å². The van der Waals surface area contributed by atoms with E-state index >= 15 is 0 Å². The molecule has 0 saturated carbocycles. The second-order valence-electron chi connectivity index (χ2n) is 8.01. The van der Waals surface area contributed by atoms with Crippen LogP contribution in [0.4, 0.5) is 5.82 Å². The number of rotatable bonds is 5. The van der Waals surface area contributed by atoms with E-state index in [1.165, 1.54) is 0 Å². The number of carbonyl (C=O) groups is 1. The number of aromatic nitrogens is 6. The summed E-state index contributed by atoms with van der Waals surface area (Å²) >= 11 is 6.24. The number of hydrogen-bond acceptors (Lipinski definition) is 7. The molecule has 1 amide bonds. The predicted molar refractivity (Wildman–Crippen MR) is 135 cm³/mol. The summed E-state index contributed by atoms with van der Waals surface area (Å²) in [7, 11) is 1.81. The summed E-state index contributed by atoms with van der Waals surface area (Å²) < 4.78 is 1.67. The van der Waals surface area contributed by atoms with Gasteiger partial charge in [-0.15, -0.1) is 0 Å². The van der Waals surface area contributed by atoms with Crippen molar-refractivity contribution < 1.29 is 4.79 Å². The van der Waals surface area contributed by atoms with Crippen molar-refractivity contribution >= 4 is 34.2 Å². The molecule has 0 fully saturated rings. The number of nitrogens with one attached hydrogen (secondary N) is 1. The second-order valence-corrected chi connectivity index (χ2v) is 8.41. The summed E-state index contributed by atoms with van der Waals surface area (Å²) in [6.45, 7) is 1.79. The molecule has 0 unspecified atom stereocenters. The fourth-order valence-corrected chi connectivity index (χ4v) is 4.09. The van der Waals surface area contributed by atoms with Gasteiger partial charge in [0.05, 0.1) is 28.0 Å². The minimum Gasteiger partial charge on any atom is -0.382 e. The highest BCUT2D eigenvalue weighted by atomic mass is 35.5. The minimum atomic E-state index is -0.486. The monoisotopic (exact) mass is 484 g/mol. The molecule has 1 atom stereocenters. The standard InChI is InChI=1S/C25H21ClN8O/c1-14(20-17(26)6-4-11-29-20)30-25(35)23-24(27)32-22(19-9-12-34(2)33-19)21(31-23)16-7-8-18-15(13-16)5-3-10-28-18/h3-14H,1-2H3,(H2,27,32)(H,30,35)/t14-/m1/s1. The highest BCUT2D eigenvalue weighted by molar-refractivity contribution is 6.31. The third kappa shape index (κ3) is 4.41. The van der Waals surface area contributed by atoms with Crippen LogP contribution in [0.15, 0.2) is 67.1 Å². The number of fused-ring (bicyclic) bond motifs is 1. The van der Waals surface area contributed by atoms with Gasteiger partial charge in [-0.2, -0.15) is 5.10 Å². The summed E-state index contributed by atoms with van der Waals surface area (Å²) in [4.78, 5) is 31.1.